The van der Waals surface area contributed by atoms with Crippen molar-refractivity contribution in [3.8, 4) is 51.7 Å². The van der Waals surface area contributed by atoms with Crippen molar-refractivity contribution >= 4 is 17.5 Å². The molecular weight excluding hydrogens is 779 g/mol. The Morgan fingerprint density at radius 1 is 0.968 bits per heavy atom. The van der Waals surface area contributed by atoms with Crippen molar-refractivity contribution in [3.63, 3.8) is 0 Å². The van der Waals surface area contributed by atoms with E-state index in [1.54, 1.807) is 19.2 Å². The van der Waals surface area contributed by atoms with Crippen LogP contribution in [0.2, 0.25) is 0 Å². The molecule has 2 aliphatic carbocycles. The number of para-hydroxylation sites is 1. The summed E-state index contributed by atoms with van der Waals surface area (Å²) in [5.74, 6) is 8.87. The van der Waals surface area contributed by atoms with Gasteiger partial charge in [-0.3, -0.25) is 4.79 Å². The fraction of sp³-hybridized carbons (Fsp3) is 0.385. The van der Waals surface area contributed by atoms with Crippen LogP contribution in [0.5, 0.6) is 28.7 Å². The number of carbonyl (C=O) groups is 1. The normalized spacial score (nSPS) is 21.4. The molecule has 1 spiro atoms. The van der Waals surface area contributed by atoms with Gasteiger partial charge in [0.1, 0.15) is 41.5 Å². The van der Waals surface area contributed by atoms with E-state index in [-0.39, 0.29) is 53.7 Å². The highest BCUT2D eigenvalue weighted by Gasteiger charge is 2.52. The summed E-state index contributed by atoms with van der Waals surface area (Å²) >= 11 is 0. The number of rotatable bonds is 10. The van der Waals surface area contributed by atoms with E-state index in [0.29, 0.717) is 29.4 Å². The topological polar surface area (TPSA) is 145 Å². The highest BCUT2D eigenvalue weighted by Crippen LogP contribution is 2.63. The van der Waals surface area contributed by atoms with E-state index in [2.05, 4.69) is 73.5 Å². The average Bonchev–Trinajstić information content (AvgIpc) is 3.84. The number of esters is 1. The number of nitrogens with two attached hydrogens (primary N) is 1. The summed E-state index contributed by atoms with van der Waals surface area (Å²) in [6.07, 6.45) is 5.52. The van der Waals surface area contributed by atoms with Crippen LogP contribution in [-0.4, -0.2) is 48.5 Å². The maximum absolute atomic E-state index is 12.5. The molecule has 5 aromatic rings. The number of aryl methyl sites for hydroxylation is 2. The Balaban J connectivity index is 1.30. The number of benzene rings is 4. The van der Waals surface area contributed by atoms with Crippen molar-refractivity contribution < 1.29 is 34.0 Å². The molecule has 4 bridgehead atoms. The first kappa shape index (κ1) is 41.0. The second-order valence-electron chi connectivity index (χ2n) is 17.4. The molecule has 4 aliphatic rings. The number of nitrogens with zero attached hydrogens (tertiary/aromatic N) is 1. The van der Waals surface area contributed by atoms with Crippen LogP contribution in [0, 0.1) is 17.8 Å². The lowest BCUT2D eigenvalue weighted by atomic mass is 9.64. The second kappa shape index (κ2) is 16.5. The molecule has 9 rings (SSSR count). The van der Waals surface area contributed by atoms with E-state index in [4.69, 9.17) is 29.7 Å². The third kappa shape index (κ3) is 7.11. The van der Waals surface area contributed by atoms with Gasteiger partial charge in [0.2, 0.25) is 0 Å². The maximum Gasteiger partial charge on any atom is 0.302 e. The predicted octanol–water partition coefficient (Wildman–Crippen LogP) is 9.45. The fourth-order valence-corrected chi connectivity index (χ4v) is 11.1. The van der Waals surface area contributed by atoms with E-state index in [1.807, 2.05) is 12.1 Å². The fourth-order valence-electron chi connectivity index (χ4n) is 11.1. The van der Waals surface area contributed by atoms with Gasteiger partial charge in [0.15, 0.2) is 11.5 Å². The number of aromatic nitrogens is 1. The maximum atomic E-state index is 12.5. The molecule has 320 valence electrons. The van der Waals surface area contributed by atoms with Gasteiger partial charge in [-0.2, -0.15) is 0 Å². The van der Waals surface area contributed by atoms with Gasteiger partial charge in [0.25, 0.3) is 0 Å². The first-order valence-corrected chi connectivity index (χ1v) is 21.9. The van der Waals surface area contributed by atoms with Gasteiger partial charge in [-0.25, -0.2) is 4.98 Å². The van der Waals surface area contributed by atoms with Gasteiger partial charge >= 0.3 is 5.97 Å². The molecule has 1 fully saturated rings. The van der Waals surface area contributed by atoms with Crippen LogP contribution in [0.1, 0.15) is 115 Å². The zero-order chi connectivity index (χ0) is 43.3. The number of aromatic hydroxyl groups is 2. The van der Waals surface area contributed by atoms with E-state index >= 15 is 0 Å². The molecule has 62 heavy (non-hydrogen) atoms. The van der Waals surface area contributed by atoms with Crippen molar-refractivity contribution in [1.29, 1.82) is 0 Å². The van der Waals surface area contributed by atoms with Crippen LogP contribution in [0.4, 0.5) is 11.5 Å². The molecule has 5 atom stereocenters. The molecule has 0 amide bonds. The zero-order valence-electron chi connectivity index (χ0n) is 36.2. The van der Waals surface area contributed by atoms with Crippen molar-refractivity contribution in [2.45, 2.75) is 95.5 Å². The van der Waals surface area contributed by atoms with Crippen molar-refractivity contribution in [1.82, 2.24) is 4.98 Å². The molecule has 4 aromatic carbocycles. The first-order chi connectivity index (χ1) is 30.1. The highest BCUT2D eigenvalue weighted by atomic mass is 16.5. The molecule has 5 unspecified atom stereocenters. The lowest BCUT2D eigenvalue weighted by molar-refractivity contribution is -0.141. The number of anilines is 2. The Hall–Kier alpha value is -6.34. The summed E-state index contributed by atoms with van der Waals surface area (Å²) in [5.41, 5.74) is 18.2. The SMILES string of the molecule is CCNc1ccccc1CCC1c2cc(CC)c(N)nc2C#CCc2cc(O)c(OC)cc2C2Oc3c(ccc4c3C3(CCC1C3)Cc1cc(O)cc(OC)c1-4)C2COC(C)=O. The number of carbonyl (C=O) groups excluding carboxylic acids is 1. The third-order valence-corrected chi connectivity index (χ3v) is 13.9. The number of hydrogen-bond donors (Lipinski definition) is 4. The Morgan fingerprint density at radius 3 is 2.56 bits per heavy atom. The number of ether oxygens (including phenoxy) is 4. The van der Waals surface area contributed by atoms with Crippen LogP contribution >= 0.6 is 0 Å². The van der Waals surface area contributed by atoms with Crippen molar-refractivity contribution in [2.75, 3.05) is 38.4 Å². The summed E-state index contributed by atoms with van der Waals surface area (Å²) in [4.78, 5) is 17.5. The van der Waals surface area contributed by atoms with E-state index in [1.165, 1.54) is 19.6 Å². The number of nitrogen functional groups attached to an aromatic ring is 1. The first-order valence-electron chi connectivity index (χ1n) is 21.9. The van der Waals surface area contributed by atoms with Crippen LogP contribution in [0.15, 0.2) is 66.7 Å². The highest BCUT2D eigenvalue weighted by molar-refractivity contribution is 5.84. The van der Waals surface area contributed by atoms with Gasteiger partial charge < -0.3 is 40.2 Å². The summed E-state index contributed by atoms with van der Waals surface area (Å²) in [7, 11) is 3.17. The van der Waals surface area contributed by atoms with Crippen molar-refractivity contribution in [3.05, 3.63) is 117 Å². The van der Waals surface area contributed by atoms with E-state index in [0.717, 1.165) is 107 Å². The standard InChI is InChI=1S/C52H55N3O7/c1-6-30-22-40-36(16-15-31-11-8-9-13-42(31)54-7-2)33-19-20-52(26-33)27-34-21-35(57)24-46(60-5)47(34)38-18-17-37-41(28-61-29(3)56)49(62-50(37)48(38)52)39-25-45(59-4)44(58)23-32(39)12-10-14-43(40)55-51(30)53/h8-9,11,13,17-18,21-25,33,36,41,49,54,57-58H,6-7,12,15-16,19-20,26-28H2,1-5H3,(H2,53,55). The molecule has 10 nitrogen and oxygen atoms in total. The number of fused-ring (bicyclic) bond motifs is 7. The number of phenols is 2. The summed E-state index contributed by atoms with van der Waals surface area (Å²) in [5, 5.41) is 25.8. The molecule has 0 saturated heterocycles. The molecule has 10 heteroatoms. The third-order valence-electron chi connectivity index (χ3n) is 13.9. The van der Waals surface area contributed by atoms with Crippen LogP contribution in [0.3, 0.4) is 0 Å². The summed E-state index contributed by atoms with van der Waals surface area (Å²) < 4.78 is 24.9. The Bertz CT molecular complexity index is 2650. The number of methoxy groups -OCH3 is 2. The average molecular weight is 834 g/mol. The Morgan fingerprint density at radius 2 is 1.79 bits per heavy atom. The van der Waals surface area contributed by atoms with E-state index < -0.39 is 6.10 Å². The van der Waals surface area contributed by atoms with Crippen molar-refractivity contribution in [2.24, 2.45) is 5.92 Å². The van der Waals surface area contributed by atoms with Gasteiger partial charge in [-0.1, -0.05) is 43.2 Å². The van der Waals surface area contributed by atoms with Gasteiger partial charge in [0, 0.05) is 59.3 Å². The summed E-state index contributed by atoms with van der Waals surface area (Å²) in [6.45, 7) is 6.59. The molecule has 3 heterocycles. The minimum atomic E-state index is -0.595. The summed E-state index contributed by atoms with van der Waals surface area (Å²) in [6, 6.07) is 22.2. The number of phenolic OH excluding ortho intramolecular Hbond substituents is 2. The van der Waals surface area contributed by atoms with Crippen LogP contribution in [-0.2, 0) is 40.6 Å². The van der Waals surface area contributed by atoms with Crippen LogP contribution in [0.25, 0.3) is 11.1 Å². The smallest absolute Gasteiger partial charge is 0.302 e. The lowest BCUT2D eigenvalue weighted by Crippen LogP contribution is -2.31. The molecule has 1 aromatic heterocycles. The molecule has 0 radical (unpaired) electrons. The zero-order valence-corrected chi connectivity index (χ0v) is 36.2. The van der Waals surface area contributed by atoms with Crippen LogP contribution < -0.4 is 25.3 Å². The number of pyridine rings is 1. The molecule has 2 aliphatic heterocycles. The predicted molar refractivity (Wildman–Crippen MR) is 240 cm³/mol. The van der Waals surface area contributed by atoms with E-state index in [9.17, 15) is 15.0 Å². The van der Waals surface area contributed by atoms with Gasteiger partial charge in [-0.15, -0.1) is 0 Å². The minimum Gasteiger partial charge on any atom is -0.508 e. The van der Waals surface area contributed by atoms with Gasteiger partial charge in [-0.05, 0) is 133 Å². The minimum absolute atomic E-state index is 0.00752. The molecule has 1 saturated carbocycles. The monoisotopic (exact) mass is 833 g/mol. The van der Waals surface area contributed by atoms with Gasteiger partial charge in [0.05, 0.1) is 20.1 Å². The Labute approximate surface area is 363 Å². The second-order valence-corrected chi connectivity index (χ2v) is 17.4. The lowest BCUT2D eigenvalue weighted by Gasteiger charge is -2.40. The largest absolute Gasteiger partial charge is 0.508 e. The quantitative estimate of drug-likeness (QED) is 0.0793. The number of hydrogen-bond acceptors (Lipinski definition) is 10. The number of nitrogens with one attached hydrogen (secondary N) is 1. The molecular formula is C52H55N3O7. The molecule has 5 N–H and O–H groups in total. The Kier molecular flexibility index (Phi) is 10.9.